The van der Waals surface area contributed by atoms with E-state index >= 15 is 0 Å². The van der Waals surface area contributed by atoms with Crippen LogP contribution in [0.5, 0.6) is 11.5 Å². The summed E-state index contributed by atoms with van der Waals surface area (Å²) in [5.41, 5.74) is 4.10. The normalized spacial score (nSPS) is 17.3. The van der Waals surface area contributed by atoms with Crippen molar-refractivity contribution in [1.82, 2.24) is 0 Å². The minimum Gasteiger partial charge on any atom is -0.454 e. The van der Waals surface area contributed by atoms with Crippen LogP contribution in [0.3, 0.4) is 0 Å². The van der Waals surface area contributed by atoms with Crippen molar-refractivity contribution < 1.29 is 4.74 Å². The number of ether oxygens (including phenoxy) is 1. The van der Waals surface area contributed by atoms with Crippen molar-refractivity contribution >= 4 is 17.3 Å². The van der Waals surface area contributed by atoms with Crippen LogP contribution in [0, 0.1) is 0 Å². The third-order valence-electron chi connectivity index (χ3n) is 3.75. The molecule has 0 aromatic heterocycles. The van der Waals surface area contributed by atoms with E-state index in [9.17, 15) is 0 Å². The molecule has 0 bridgehead atoms. The van der Waals surface area contributed by atoms with Crippen LogP contribution >= 0.6 is 11.6 Å². The smallest absolute Gasteiger partial charge is 0.155 e. The van der Waals surface area contributed by atoms with Crippen LogP contribution in [-0.4, -0.2) is 5.71 Å². The van der Waals surface area contributed by atoms with Crippen molar-refractivity contribution in [2.45, 2.75) is 19.4 Å². The van der Waals surface area contributed by atoms with Gasteiger partial charge in [-0.15, -0.1) is 0 Å². The van der Waals surface area contributed by atoms with Gasteiger partial charge in [0, 0.05) is 11.1 Å². The molecule has 19 heavy (non-hydrogen) atoms. The molecule has 0 N–H and O–H groups in total. The summed E-state index contributed by atoms with van der Waals surface area (Å²) in [4.78, 5) is 4.88. The van der Waals surface area contributed by atoms with Gasteiger partial charge in [-0.05, 0) is 37.6 Å². The summed E-state index contributed by atoms with van der Waals surface area (Å²) < 4.78 is 5.98. The molecule has 0 atom stereocenters. The van der Waals surface area contributed by atoms with E-state index in [0.717, 1.165) is 22.6 Å². The van der Waals surface area contributed by atoms with Gasteiger partial charge in [0.15, 0.2) is 5.75 Å². The van der Waals surface area contributed by atoms with Gasteiger partial charge in [0.25, 0.3) is 0 Å². The largest absolute Gasteiger partial charge is 0.454 e. The topological polar surface area (TPSA) is 21.6 Å². The van der Waals surface area contributed by atoms with Crippen molar-refractivity contribution in [1.29, 1.82) is 0 Å². The molecule has 2 aliphatic heterocycles. The van der Waals surface area contributed by atoms with Crippen LogP contribution in [0.25, 0.3) is 0 Å². The van der Waals surface area contributed by atoms with Gasteiger partial charge in [0.05, 0.1) is 16.3 Å². The zero-order valence-electron chi connectivity index (χ0n) is 10.7. The lowest BCUT2D eigenvalue weighted by molar-refractivity contribution is 0.475. The highest BCUT2D eigenvalue weighted by Gasteiger charge is 2.38. The van der Waals surface area contributed by atoms with Gasteiger partial charge >= 0.3 is 0 Å². The number of para-hydroxylation sites is 1. The van der Waals surface area contributed by atoms with E-state index in [0.29, 0.717) is 10.8 Å². The zero-order valence-corrected chi connectivity index (χ0v) is 11.5. The van der Waals surface area contributed by atoms with Gasteiger partial charge in [-0.25, -0.2) is 0 Å². The maximum atomic E-state index is 6.24. The molecule has 0 saturated heterocycles. The Bertz CT molecular complexity index is 746. The summed E-state index contributed by atoms with van der Waals surface area (Å²) in [6.07, 6.45) is 0. The minimum absolute atomic E-state index is 0.214. The van der Waals surface area contributed by atoms with Gasteiger partial charge in [0.1, 0.15) is 5.75 Å². The zero-order chi connectivity index (χ0) is 13.2. The molecule has 94 valence electrons. The third-order valence-corrected chi connectivity index (χ3v) is 4.05. The summed E-state index contributed by atoms with van der Waals surface area (Å²) >= 11 is 6.24. The summed E-state index contributed by atoms with van der Waals surface area (Å²) in [5, 5.41) is 0.626. The molecule has 2 nitrogen and oxygen atoms in total. The van der Waals surface area contributed by atoms with E-state index in [1.165, 1.54) is 5.56 Å². The summed E-state index contributed by atoms with van der Waals surface area (Å²) in [6, 6.07) is 11.9. The molecule has 0 fully saturated rings. The Balaban J connectivity index is 2.10. The maximum Gasteiger partial charge on any atom is 0.155 e. The summed E-state index contributed by atoms with van der Waals surface area (Å²) in [5.74, 6) is 1.56. The van der Waals surface area contributed by atoms with E-state index < -0.39 is 0 Å². The van der Waals surface area contributed by atoms with Crippen LogP contribution in [0.1, 0.15) is 30.5 Å². The monoisotopic (exact) mass is 269 g/mol. The SMILES string of the molecule is CC1(C)N=C2c3cccc(Cl)c3Oc3cccc1c32. The summed E-state index contributed by atoms with van der Waals surface area (Å²) in [6.45, 7) is 4.25. The number of halogens is 1. The highest BCUT2D eigenvalue weighted by Crippen LogP contribution is 2.48. The maximum absolute atomic E-state index is 6.24. The second-order valence-corrected chi connectivity index (χ2v) is 5.82. The lowest BCUT2D eigenvalue weighted by Crippen LogP contribution is -2.12. The highest BCUT2D eigenvalue weighted by molar-refractivity contribution is 6.33. The molecule has 0 radical (unpaired) electrons. The van der Waals surface area contributed by atoms with E-state index in [2.05, 4.69) is 19.9 Å². The Labute approximate surface area is 116 Å². The molecule has 2 heterocycles. The Morgan fingerprint density at radius 3 is 2.74 bits per heavy atom. The van der Waals surface area contributed by atoms with Crippen LogP contribution < -0.4 is 4.74 Å². The summed E-state index contributed by atoms with van der Waals surface area (Å²) in [7, 11) is 0. The highest BCUT2D eigenvalue weighted by atomic mass is 35.5. The van der Waals surface area contributed by atoms with E-state index in [-0.39, 0.29) is 5.54 Å². The first-order valence-electron chi connectivity index (χ1n) is 6.28. The number of hydrogen-bond donors (Lipinski definition) is 0. The fraction of sp³-hybridized carbons (Fsp3) is 0.188. The predicted octanol–water partition coefficient (Wildman–Crippen LogP) is 4.53. The Morgan fingerprint density at radius 1 is 1.11 bits per heavy atom. The Morgan fingerprint density at radius 2 is 1.89 bits per heavy atom. The van der Waals surface area contributed by atoms with Gasteiger partial charge < -0.3 is 4.74 Å². The van der Waals surface area contributed by atoms with Crippen molar-refractivity contribution in [2.24, 2.45) is 4.99 Å². The molecular weight excluding hydrogens is 258 g/mol. The average Bonchev–Trinajstić information content (AvgIpc) is 2.65. The lowest BCUT2D eigenvalue weighted by atomic mass is 9.90. The Kier molecular flexibility index (Phi) is 1.98. The molecule has 0 aliphatic carbocycles. The van der Waals surface area contributed by atoms with Crippen molar-refractivity contribution in [3.05, 3.63) is 58.1 Å². The molecule has 0 amide bonds. The fourth-order valence-electron chi connectivity index (χ4n) is 2.87. The van der Waals surface area contributed by atoms with Crippen LogP contribution in [0.2, 0.25) is 5.02 Å². The first-order chi connectivity index (χ1) is 9.08. The molecular formula is C16H12ClNO. The van der Waals surface area contributed by atoms with Crippen LogP contribution in [0.4, 0.5) is 0 Å². The lowest BCUT2D eigenvalue weighted by Gasteiger charge is -2.21. The van der Waals surface area contributed by atoms with Crippen molar-refractivity contribution in [2.75, 3.05) is 0 Å². The quantitative estimate of drug-likeness (QED) is 0.587. The van der Waals surface area contributed by atoms with Gasteiger partial charge in [-0.1, -0.05) is 29.8 Å². The predicted molar refractivity (Wildman–Crippen MR) is 76.6 cm³/mol. The number of hydrogen-bond acceptors (Lipinski definition) is 2. The first-order valence-corrected chi connectivity index (χ1v) is 6.66. The number of benzene rings is 2. The van der Waals surface area contributed by atoms with Gasteiger partial charge in [0.2, 0.25) is 0 Å². The van der Waals surface area contributed by atoms with Crippen molar-refractivity contribution in [3.8, 4) is 11.5 Å². The molecule has 0 saturated carbocycles. The van der Waals surface area contributed by atoms with Crippen LogP contribution in [0.15, 0.2) is 41.4 Å². The molecule has 2 aliphatic rings. The second-order valence-electron chi connectivity index (χ2n) is 5.42. The standard InChI is InChI=1S/C16H12ClNO/c1-16(2)10-6-4-8-12-13(10)14(18-16)9-5-3-7-11(17)15(9)19-12/h3-8H,1-2H3. The number of fused-ring (bicyclic) bond motifs is 2. The number of rotatable bonds is 0. The Hall–Kier alpha value is -1.80. The molecule has 3 heteroatoms. The van der Waals surface area contributed by atoms with Crippen molar-refractivity contribution in [3.63, 3.8) is 0 Å². The number of aliphatic imine (C=N–C) groups is 1. The van der Waals surface area contributed by atoms with E-state index in [1.54, 1.807) is 0 Å². The minimum atomic E-state index is -0.214. The second kappa shape index (κ2) is 3.40. The molecule has 2 aromatic rings. The molecule has 2 aromatic carbocycles. The molecule has 4 rings (SSSR count). The van der Waals surface area contributed by atoms with E-state index in [4.69, 9.17) is 21.3 Å². The van der Waals surface area contributed by atoms with Crippen LogP contribution in [-0.2, 0) is 5.54 Å². The van der Waals surface area contributed by atoms with E-state index in [1.807, 2.05) is 30.3 Å². The molecule has 0 unspecified atom stereocenters. The molecule has 0 spiro atoms. The van der Waals surface area contributed by atoms with Gasteiger partial charge in [-0.3, -0.25) is 4.99 Å². The average molecular weight is 270 g/mol. The van der Waals surface area contributed by atoms with Gasteiger partial charge in [-0.2, -0.15) is 0 Å². The third kappa shape index (κ3) is 1.35. The number of nitrogens with zero attached hydrogens (tertiary/aromatic N) is 1. The first kappa shape index (κ1) is 11.1. The fourth-order valence-corrected chi connectivity index (χ4v) is 3.08.